The number of fused-ring (bicyclic) bond motifs is 3. The molecule has 4 heteroatoms. The summed E-state index contributed by atoms with van der Waals surface area (Å²) in [4.78, 5) is 2.60. The van der Waals surface area contributed by atoms with Crippen LogP contribution in [0.15, 0.2) is 84.4 Å². The average Bonchev–Trinajstić information content (AvgIpc) is 2.92. The molecule has 1 N–H and O–H groups in total. The molecule has 0 spiro atoms. The Kier molecular flexibility index (Phi) is 7.74. The van der Waals surface area contributed by atoms with Crippen molar-refractivity contribution in [1.82, 2.24) is 4.90 Å². The summed E-state index contributed by atoms with van der Waals surface area (Å²) >= 11 is 0. The second-order valence-corrected chi connectivity index (χ2v) is 10.1. The zero-order valence-corrected chi connectivity index (χ0v) is 21.4. The van der Waals surface area contributed by atoms with Crippen molar-refractivity contribution in [3.63, 3.8) is 0 Å². The van der Waals surface area contributed by atoms with Gasteiger partial charge >= 0.3 is 0 Å². The fraction of sp³-hybridized carbons (Fsp3) is 0.375. The van der Waals surface area contributed by atoms with Gasteiger partial charge in [0, 0.05) is 12.6 Å². The van der Waals surface area contributed by atoms with Crippen LogP contribution < -0.4 is 9.47 Å². The molecule has 0 aromatic heterocycles. The highest BCUT2D eigenvalue weighted by atomic mass is 16.5. The van der Waals surface area contributed by atoms with Crippen LogP contribution in [0.5, 0.6) is 11.5 Å². The molecular formula is C32H37NO3. The van der Waals surface area contributed by atoms with E-state index < -0.39 is 0 Å². The van der Waals surface area contributed by atoms with E-state index in [1.54, 1.807) is 0 Å². The van der Waals surface area contributed by atoms with Gasteiger partial charge in [-0.2, -0.15) is 0 Å². The molecule has 2 aliphatic heterocycles. The van der Waals surface area contributed by atoms with Crippen molar-refractivity contribution >= 4 is 0 Å². The van der Waals surface area contributed by atoms with Crippen LogP contribution in [0.4, 0.5) is 0 Å². The number of nitrogens with zero attached hydrogens (tertiary/aromatic N) is 1. The minimum absolute atomic E-state index is 0.202. The predicted octanol–water partition coefficient (Wildman–Crippen LogP) is 6.62. The lowest BCUT2D eigenvalue weighted by Gasteiger charge is -2.44. The molecule has 5 rings (SSSR count). The highest BCUT2D eigenvalue weighted by Crippen LogP contribution is 2.44. The second-order valence-electron chi connectivity index (χ2n) is 10.1. The smallest absolute Gasteiger partial charge is 0.162 e. The van der Waals surface area contributed by atoms with Gasteiger partial charge in [-0.1, -0.05) is 79.2 Å². The summed E-state index contributed by atoms with van der Waals surface area (Å²) in [5.74, 6) is 1.59. The number of hydrogen-bond donors (Lipinski definition) is 1. The van der Waals surface area contributed by atoms with E-state index in [9.17, 15) is 5.11 Å². The molecule has 0 aliphatic carbocycles. The Bertz CT molecular complexity index is 1170. The Morgan fingerprint density at radius 2 is 1.50 bits per heavy atom. The summed E-state index contributed by atoms with van der Waals surface area (Å²) < 4.78 is 12.8. The Hall–Kier alpha value is -3.08. The van der Waals surface area contributed by atoms with Crippen molar-refractivity contribution in [3.05, 3.63) is 107 Å². The van der Waals surface area contributed by atoms with Crippen LogP contribution in [0.3, 0.4) is 0 Å². The molecule has 2 aliphatic rings. The maximum Gasteiger partial charge on any atom is 0.162 e. The van der Waals surface area contributed by atoms with Crippen LogP contribution in [-0.2, 0) is 19.6 Å². The zero-order chi connectivity index (χ0) is 24.9. The second kappa shape index (κ2) is 11.3. The molecule has 0 fully saturated rings. The van der Waals surface area contributed by atoms with Gasteiger partial charge in [0.25, 0.3) is 0 Å². The third-order valence-electron chi connectivity index (χ3n) is 7.57. The van der Waals surface area contributed by atoms with Gasteiger partial charge in [0.05, 0.1) is 12.1 Å². The maximum absolute atomic E-state index is 10.5. The van der Waals surface area contributed by atoms with Crippen molar-refractivity contribution in [2.45, 2.75) is 70.9 Å². The van der Waals surface area contributed by atoms with E-state index in [1.807, 2.05) is 36.4 Å². The van der Waals surface area contributed by atoms with E-state index in [-0.39, 0.29) is 12.1 Å². The maximum atomic E-state index is 10.5. The first kappa shape index (κ1) is 24.6. The monoisotopic (exact) mass is 483 g/mol. The van der Waals surface area contributed by atoms with Gasteiger partial charge in [0.2, 0.25) is 0 Å². The summed E-state index contributed by atoms with van der Waals surface area (Å²) in [6, 6.07) is 25.5. The lowest BCUT2D eigenvalue weighted by Crippen LogP contribution is -2.45. The van der Waals surface area contributed by atoms with Crippen molar-refractivity contribution < 1.29 is 14.6 Å². The number of benzene rings is 3. The lowest BCUT2D eigenvalue weighted by atomic mass is 9.83. The van der Waals surface area contributed by atoms with E-state index >= 15 is 0 Å². The first-order valence-electron chi connectivity index (χ1n) is 13.2. The Labute approximate surface area is 215 Å². The molecule has 0 amide bonds. The van der Waals surface area contributed by atoms with Crippen LogP contribution in [0.2, 0.25) is 0 Å². The van der Waals surface area contributed by atoms with Crippen LogP contribution >= 0.6 is 0 Å². The first-order chi connectivity index (χ1) is 17.6. The van der Waals surface area contributed by atoms with Crippen molar-refractivity contribution in [2.75, 3.05) is 6.54 Å². The molecule has 0 saturated carbocycles. The fourth-order valence-corrected chi connectivity index (χ4v) is 5.62. The Balaban J connectivity index is 1.50. The van der Waals surface area contributed by atoms with Crippen LogP contribution in [0, 0.1) is 0 Å². The quantitative estimate of drug-likeness (QED) is 0.383. The molecule has 36 heavy (non-hydrogen) atoms. The fourth-order valence-electron chi connectivity index (χ4n) is 5.62. The van der Waals surface area contributed by atoms with E-state index in [0.717, 1.165) is 54.9 Å². The number of rotatable bonds is 7. The number of ether oxygens (including phenoxy) is 2. The molecule has 0 radical (unpaired) electrons. The van der Waals surface area contributed by atoms with E-state index in [4.69, 9.17) is 9.47 Å². The molecule has 4 nitrogen and oxygen atoms in total. The molecule has 0 saturated heterocycles. The highest BCUT2D eigenvalue weighted by Gasteiger charge is 2.35. The summed E-state index contributed by atoms with van der Waals surface area (Å²) in [5, 5.41) is 10.5. The van der Waals surface area contributed by atoms with Crippen molar-refractivity contribution in [1.29, 1.82) is 0 Å². The van der Waals surface area contributed by atoms with Gasteiger partial charge in [0.1, 0.15) is 13.2 Å². The van der Waals surface area contributed by atoms with Crippen molar-refractivity contribution in [3.8, 4) is 11.5 Å². The summed E-state index contributed by atoms with van der Waals surface area (Å²) in [6.45, 7) is 6.43. The lowest BCUT2D eigenvalue weighted by molar-refractivity contribution is 0.0707. The minimum Gasteiger partial charge on any atom is -0.485 e. The van der Waals surface area contributed by atoms with Crippen LogP contribution in [0.25, 0.3) is 0 Å². The molecular weight excluding hydrogens is 446 g/mol. The van der Waals surface area contributed by atoms with E-state index in [1.165, 1.54) is 16.7 Å². The first-order valence-corrected chi connectivity index (χ1v) is 13.2. The van der Waals surface area contributed by atoms with E-state index in [0.29, 0.717) is 19.3 Å². The summed E-state index contributed by atoms with van der Waals surface area (Å²) in [7, 11) is 0. The number of aliphatic hydroxyl groups excluding tert-OH is 1. The summed E-state index contributed by atoms with van der Waals surface area (Å²) in [5.41, 5.74) is 6.21. The number of hydrogen-bond acceptors (Lipinski definition) is 4. The van der Waals surface area contributed by atoms with Crippen LogP contribution in [0.1, 0.15) is 61.4 Å². The standard InChI is InChI=1S/C32H37NO3/c1-3-27-19-28(34)15-14-23(2)32-29-20-31(36-22-25-12-8-5-9-13-25)30(18-26(29)16-17-33(27)32)35-21-24-10-6-4-7-11-24/h4-14,18,20,27-28,32,34H,3,15-17,19,21-22H2,1-2H3/b23-14-/t27-,28-,32+/m1/s1. The molecule has 188 valence electrons. The van der Waals surface area contributed by atoms with Gasteiger partial charge in [0.15, 0.2) is 11.5 Å². The predicted molar refractivity (Wildman–Crippen MR) is 144 cm³/mol. The molecule has 0 unspecified atom stereocenters. The minimum atomic E-state index is -0.272. The molecule has 3 aromatic rings. The molecule has 3 atom stereocenters. The van der Waals surface area contributed by atoms with Gasteiger partial charge in [-0.15, -0.1) is 0 Å². The molecule has 2 heterocycles. The van der Waals surface area contributed by atoms with Crippen molar-refractivity contribution in [2.24, 2.45) is 0 Å². The van der Waals surface area contributed by atoms with Gasteiger partial charge < -0.3 is 14.6 Å². The summed E-state index contributed by atoms with van der Waals surface area (Å²) in [6.07, 6.45) is 5.50. The Morgan fingerprint density at radius 3 is 2.11 bits per heavy atom. The highest BCUT2D eigenvalue weighted by molar-refractivity contribution is 5.51. The van der Waals surface area contributed by atoms with Gasteiger partial charge in [-0.25, -0.2) is 0 Å². The Morgan fingerprint density at radius 1 is 0.889 bits per heavy atom. The SMILES string of the molecule is CC[C@@H]1C[C@H](O)C/C=C(/C)[C@H]2c3cc(OCc4ccccc4)c(OCc4ccccc4)cc3CCN12. The van der Waals surface area contributed by atoms with Gasteiger partial charge in [-0.05, 0) is 67.0 Å². The number of aliphatic hydroxyl groups is 1. The normalized spacial score (nSPS) is 23.4. The van der Waals surface area contributed by atoms with Gasteiger partial charge in [-0.3, -0.25) is 4.90 Å². The molecule has 0 bridgehead atoms. The third-order valence-corrected chi connectivity index (χ3v) is 7.57. The zero-order valence-electron chi connectivity index (χ0n) is 21.4. The average molecular weight is 484 g/mol. The topological polar surface area (TPSA) is 41.9 Å². The largest absolute Gasteiger partial charge is 0.485 e. The van der Waals surface area contributed by atoms with E-state index in [2.05, 4.69) is 61.2 Å². The van der Waals surface area contributed by atoms with Crippen LogP contribution in [-0.4, -0.2) is 28.7 Å². The third kappa shape index (κ3) is 5.50. The molecule has 3 aromatic carbocycles.